The van der Waals surface area contributed by atoms with Crippen molar-refractivity contribution in [3.8, 4) is 0 Å². The van der Waals surface area contributed by atoms with Gasteiger partial charge < -0.3 is 9.64 Å². The van der Waals surface area contributed by atoms with E-state index in [9.17, 15) is 4.79 Å². The maximum Gasteiger partial charge on any atom is 0.228 e. The molecule has 1 atom stereocenters. The van der Waals surface area contributed by atoms with Gasteiger partial charge in [0.25, 0.3) is 0 Å². The second kappa shape index (κ2) is 3.90. The van der Waals surface area contributed by atoms with Crippen molar-refractivity contribution in [2.75, 3.05) is 20.3 Å². The van der Waals surface area contributed by atoms with E-state index >= 15 is 0 Å². The van der Waals surface area contributed by atoms with Crippen LogP contribution in [0.2, 0.25) is 0 Å². The molecule has 0 radical (unpaired) electrons. The van der Waals surface area contributed by atoms with Gasteiger partial charge in [0.05, 0.1) is 12.5 Å². The lowest BCUT2D eigenvalue weighted by Crippen LogP contribution is -2.34. The molecule has 0 aliphatic carbocycles. The maximum absolute atomic E-state index is 11.6. The van der Waals surface area contributed by atoms with Crippen LogP contribution in [-0.4, -0.2) is 37.1 Å². The SMILES string of the molecule is COCC1CCN(C(C)C)C1=O. The Morgan fingerprint density at radius 3 is 2.75 bits per heavy atom. The summed E-state index contributed by atoms with van der Waals surface area (Å²) < 4.78 is 4.98. The van der Waals surface area contributed by atoms with Crippen molar-refractivity contribution >= 4 is 5.91 Å². The highest BCUT2D eigenvalue weighted by molar-refractivity contribution is 5.81. The molecule has 0 bridgehead atoms. The molecule has 12 heavy (non-hydrogen) atoms. The smallest absolute Gasteiger partial charge is 0.228 e. The van der Waals surface area contributed by atoms with E-state index in [2.05, 4.69) is 0 Å². The third kappa shape index (κ3) is 1.78. The van der Waals surface area contributed by atoms with E-state index in [1.807, 2.05) is 18.7 Å². The Balaban J connectivity index is 2.49. The molecule has 1 heterocycles. The van der Waals surface area contributed by atoms with Gasteiger partial charge in [0, 0.05) is 19.7 Å². The van der Waals surface area contributed by atoms with E-state index in [1.54, 1.807) is 7.11 Å². The zero-order chi connectivity index (χ0) is 9.14. The summed E-state index contributed by atoms with van der Waals surface area (Å²) in [5.41, 5.74) is 0. The van der Waals surface area contributed by atoms with Crippen molar-refractivity contribution in [2.45, 2.75) is 26.3 Å². The molecule has 1 rings (SSSR count). The van der Waals surface area contributed by atoms with Crippen LogP contribution >= 0.6 is 0 Å². The van der Waals surface area contributed by atoms with Crippen molar-refractivity contribution < 1.29 is 9.53 Å². The summed E-state index contributed by atoms with van der Waals surface area (Å²) in [6.45, 7) is 5.56. The zero-order valence-corrected chi connectivity index (χ0v) is 8.04. The fourth-order valence-electron chi connectivity index (χ4n) is 1.63. The normalized spacial score (nSPS) is 24.2. The topological polar surface area (TPSA) is 29.5 Å². The molecule has 1 fully saturated rings. The maximum atomic E-state index is 11.6. The standard InChI is InChI=1S/C9H17NO2/c1-7(2)10-5-4-8(6-12-3)9(10)11/h7-8H,4-6H2,1-3H3. The first-order valence-electron chi connectivity index (χ1n) is 4.46. The Morgan fingerprint density at radius 1 is 1.67 bits per heavy atom. The van der Waals surface area contributed by atoms with Crippen LogP contribution in [0.3, 0.4) is 0 Å². The molecule has 3 nitrogen and oxygen atoms in total. The third-order valence-electron chi connectivity index (χ3n) is 2.34. The molecule has 0 N–H and O–H groups in total. The minimum Gasteiger partial charge on any atom is -0.384 e. The Hall–Kier alpha value is -0.570. The Labute approximate surface area is 73.7 Å². The third-order valence-corrected chi connectivity index (χ3v) is 2.34. The van der Waals surface area contributed by atoms with E-state index in [0.29, 0.717) is 12.6 Å². The number of carbonyl (C=O) groups excluding carboxylic acids is 1. The number of methoxy groups -OCH3 is 1. The van der Waals surface area contributed by atoms with Crippen molar-refractivity contribution in [1.29, 1.82) is 0 Å². The molecule has 0 aromatic heterocycles. The van der Waals surface area contributed by atoms with Crippen LogP contribution in [0.5, 0.6) is 0 Å². The van der Waals surface area contributed by atoms with Gasteiger partial charge in [0.2, 0.25) is 5.91 Å². The largest absolute Gasteiger partial charge is 0.384 e. The lowest BCUT2D eigenvalue weighted by molar-refractivity contribution is -0.133. The lowest BCUT2D eigenvalue weighted by atomic mass is 10.1. The predicted octanol–water partition coefficient (Wildman–Crippen LogP) is 0.890. The van der Waals surface area contributed by atoms with Crippen LogP contribution in [0, 0.1) is 5.92 Å². The molecule has 1 aliphatic rings. The summed E-state index contributed by atoms with van der Waals surface area (Å²) in [7, 11) is 1.64. The average molecular weight is 171 g/mol. The first-order chi connectivity index (χ1) is 5.66. The predicted molar refractivity (Wildman–Crippen MR) is 46.8 cm³/mol. The van der Waals surface area contributed by atoms with Crippen LogP contribution in [0.25, 0.3) is 0 Å². The van der Waals surface area contributed by atoms with E-state index in [4.69, 9.17) is 4.74 Å². The number of carbonyl (C=O) groups is 1. The molecule has 1 unspecified atom stereocenters. The van der Waals surface area contributed by atoms with Gasteiger partial charge >= 0.3 is 0 Å². The highest BCUT2D eigenvalue weighted by Gasteiger charge is 2.32. The minimum atomic E-state index is 0.109. The molecule has 1 saturated heterocycles. The van der Waals surface area contributed by atoms with Crippen LogP contribution in [0.4, 0.5) is 0 Å². The summed E-state index contributed by atoms with van der Waals surface area (Å²) in [5, 5.41) is 0. The van der Waals surface area contributed by atoms with Crippen LogP contribution < -0.4 is 0 Å². The number of hydrogen-bond donors (Lipinski definition) is 0. The quantitative estimate of drug-likeness (QED) is 0.631. The van der Waals surface area contributed by atoms with E-state index in [-0.39, 0.29) is 11.8 Å². The first-order valence-corrected chi connectivity index (χ1v) is 4.46. The summed E-state index contributed by atoms with van der Waals surface area (Å²) in [4.78, 5) is 13.5. The summed E-state index contributed by atoms with van der Waals surface area (Å²) in [6, 6.07) is 0.333. The molecule has 0 spiro atoms. The second-order valence-electron chi connectivity index (χ2n) is 3.57. The van der Waals surface area contributed by atoms with Crippen molar-refractivity contribution in [2.24, 2.45) is 5.92 Å². The lowest BCUT2D eigenvalue weighted by Gasteiger charge is -2.20. The van der Waals surface area contributed by atoms with Crippen molar-refractivity contribution in [3.63, 3.8) is 0 Å². The summed E-state index contributed by atoms with van der Waals surface area (Å²) >= 11 is 0. The number of ether oxygens (including phenoxy) is 1. The summed E-state index contributed by atoms with van der Waals surface area (Å²) in [5.74, 6) is 0.365. The van der Waals surface area contributed by atoms with Gasteiger partial charge in [-0.25, -0.2) is 0 Å². The van der Waals surface area contributed by atoms with Crippen molar-refractivity contribution in [3.05, 3.63) is 0 Å². The van der Waals surface area contributed by atoms with Gasteiger partial charge in [-0.2, -0.15) is 0 Å². The van der Waals surface area contributed by atoms with E-state index in [1.165, 1.54) is 0 Å². The van der Waals surface area contributed by atoms with Gasteiger partial charge in [-0.05, 0) is 20.3 Å². The Morgan fingerprint density at radius 2 is 2.33 bits per heavy atom. The number of likely N-dealkylation sites (tertiary alicyclic amines) is 1. The van der Waals surface area contributed by atoms with E-state index < -0.39 is 0 Å². The molecule has 1 amide bonds. The fraction of sp³-hybridized carbons (Fsp3) is 0.889. The molecule has 0 saturated carbocycles. The van der Waals surface area contributed by atoms with Gasteiger partial charge in [-0.15, -0.1) is 0 Å². The highest BCUT2D eigenvalue weighted by atomic mass is 16.5. The second-order valence-corrected chi connectivity index (χ2v) is 3.57. The monoisotopic (exact) mass is 171 g/mol. The first kappa shape index (κ1) is 9.52. The van der Waals surface area contributed by atoms with Crippen molar-refractivity contribution in [1.82, 2.24) is 4.90 Å². The number of rotatable bonds is 3. The Kier molecular flexibility index (Phi) is 3.09. The fourth-order valence-corrected chi connectivity index (χ4v) is 1.63. The summed E-state index contributed by atoms with van der Waals surface area (Å²) in [6.07, 6.45) is 0.949. The minimum absolute atomic E-state index is 0.109. The molecule has 1 aliphatic heterocycles. The number of nitrogens with zero attached hydrogens (tertiary/aromatic N) is 1. The Bertz CT molecular complexity index is 168. The molecule has 3 heteroatoms. The van der Waals surface area contributed by atoms with Gasteiger partial charge in [-0.3, -0.25) is 4.79 Å². The molecule has 70 valence electrons. The highest BCUT2D eigenvalue weighted by Crippen LogP contribution is 2.20. The molecular weight excluding hydrogens is 154 g/mol. The molecule has 0 aromatic rings. The average Bonchev–Trinajstić information content (AvgIpc) is 2.34. The zero-order valence-electron chi connectivity index (χ0n) is 8.04. The van der Waals surface area contributed by atoms with Crippen LogP contribution in [-0.2, 0) is 9.53 Å². The van der Waals surface area contributed by atoms with Crippen LogP contribution in [0.1, 0.15) is 20.3 Å². The molecular formula is C9H17NO2. The van der Waals surface area contributed by atoms with Gasteiger partial charge in [0.1, 0.15) is 0 Å². The van der Waals surface area contributed by atoms with Gasteiger partial charge in [0.15, 0.2) is 0 Å². The number of hydrogen-bond acceptors (Lipinski definition) is 2. The van der Waals surface area contributed by atoms with Crippen LogP contribution in [0.15, 0.2) is 0 Å². The molecule has 0 aromatic carbocycles. The van der Waals surface area contributed by atoms with E-state index in [0.717, 1.165) is 13.0 Å². The van der Waals surface area contributed by atoms with Gasteiger partial charge in [-0.1, -0.05) is 0 Å². The number of amides is 1.